The number of benzene rings is 1. The van der Waals surface area contributed by atoms with E-state index in [1.54, 1.807) is 13.8 Å². The van der Waals surface area contributed by atoms with Crippen LogP contribution in [0.5, 0.6) is 5.75 Å². The minimum absolute atomic E-state index is 0.204. The monoisotopic (exact) mass is 254 g/mol. The highest BCUT2D eigenvalue weighted by Gasteiger charge is 2.46. The summed E-state index contributed by atoms with van der Waals surface area (Å²) in [6.07, 6.45) is -0.814. The zero-order valence-corrected chi connectivity index (χ0v) is 10.2. The predicted octanol–water partition coefficient (Wildman–Crippen LogP) is 1.91. The third-order valence-electron chi connectivity index (χ3n) is 3.60. The number of ether oxygens (including phenoxy) is 1. The first-order chi connectivity index (χ1) is 8.34. The fourth-order valence-corrected chi connectivity index (χ4v) is 2.37. The van der Waals surface area contributed by atoms with Gasteiger partial charge in [-0.1, -0.05) is 6.92 Å². The van der Waals surface area contributed by atoms with Crippen molar-refractivity contribution in [2.24, 2.45) is 5.92 Å². The van der Waals surface area contributed by atoms with Crippen molar-refractivity contribution in [3.8, 4) is 5.75 Å². The number of halogens is 1. The molecular weight excluding hydrogens is 239 g/mol. The largest absolute Gasteiger partial charge is 0.490 e. The smallest absolute Gasteiger partial charge is 0.306 e. The van der Waals surface area contributed by atoms with Gasteiger partial charge >= 0.3 is 5.97 Å². The van der Waals surface area contributed by atoms with Gasteiger partial charge in [0.25, 0.3) is 0 Å². The number of aliphatic hydroxyl groups is 1. The number of carboxylic acid groups (broad SMARTS) is 1. The molecule has 1 aliphatic rings. The average Bonchev–Trinajstić information content (AvgIpc) is 2.27. The maximum absolute atomic E-state index is 13.3. The van der Waals surface area contributed by atoms with Crippen molar-refractivity contribution in [1.82, 2.24) is 0 Å². The first-order valence-electron chi connectivity index (χ1n) is 5.75. The Morgan fingerprint density at radius 2 is 2.17 bits per heavy atom. The summed E-state index contributed by atoms with van der Waals surface area (Å²) < 4.78 is 18.8. The molecule has 2 rings (SSSR count). The van der Waals surface area contributed by atoms with Crippen LogP contribution >= 0.6 is 0 Å². The number of hydrogen-bond donors (Lipinski definition) is 2. The fourth-order valence-electron chi connectivity index (χ4n) is 2.37. The molecule has 3 atom stereocenters. The van der Waals surface area contributed by atoms with E-state index in [1.165, 1.54) is 12.1 Å². The van der Waals surface area contributed by atoms with E-state index < -0.39 is 29.7 Å². The van der Waals surface area contributed by atoms with E-state index in [2.05, 4.69) is 0 Å². The molecule has 1 aromatic carbocycles. The Balaban J connectivity index is 2.56. The maximum Gasteiger partial charge on any atom is 0.306 e. The first-order valence-corrected chi connectivity index (χ1v) is 5.75. The Morgan fingerprint density at radius 3 is 2.78 bits per heavy atom. The maximum atomic E-state index is 13.3. The minimum Gasteiger partial charge on any atom is -0.490 e. The summed E-state index contributed by atoms with van der Waals surface area (Å²) in [4.78, 5) is 10.9. The Kier molecular flexibility index (Phi) is 3.02. The van der Waals surface area contributed by atoms with Gasteiger partial charge in [-0.2, -0.15) is 0 Å². The second-order valence-corrected chi connectivity index (χ2v) is 4.75. The van der Waals surface area contributed by atoms with E-state index in [0.29, 0.717) is 5.75 Å². The van der Waals surface area contributed by atoms with Crippen molar-refractivity contribution in [2.75, 3.05) is 0 Å². The minimum atomic E-state index is -1.61. The second-order valence-electron chi connectivity index (χ2n) is 4.75. The van der Waals surface area contributed by atoms with Crippen LogP contribution in [0.15, 0.2) is 18.2 Å². The number of carbonyl (C=O) groups is 1. The van der Waals surface area contributed by atoms with E-state index in [-0.39, 0.29) is 11.7 Å². The lowest BCUT2D eigenvalue weighted by Gasteiger charge is -2.42. The van der Waals surface area contributed by atoms with E-state index >= 15 is 0 Å². The number of hydrogen-bond acceptors (Lipinski definition) is 3. The first kappa shape index (κ1) is 12.8. The molecule has 0 aromatic heterocycles. The average molecular weight is 254 g/mol. The molecule has 4 nitrogen and oxygen atoms in total. The van der Waals surface area contributed by atoms with Gasteiger partial charge in [-0.05, 0) is 25.1 Å². The van der Waals surface area contributed by atoms with Gasteiger partial charge in [0.15, 0.2) is 0 Å². The molecule has 0 saturated carbocycles. The SMILES string of the molecule is C[C@@H]1[C@@H](C)Oc2ccc(F)cc2[C@]1(O)CC(=O)O. The van der Waals surface area contributed by atoms with Crippen molar-refractivity contribution in [1.29, 1.82) is 0 Å². The summed E-state index contributed by atoms with van der Waals surface area (Å²) in [7, 11) is 0. The van der Waals surface area contributed by atoms with Crippen LogP contribution in [0.3, 0.4) is 0 Å². The van der Waals surface area contributed by atoms with Crippen LogP contribution < -0.4 is 4.74 Å². The molecule has 1 heterocycles. The van der Waals surface area contributed by atoms with Crippen molar-refractivity contribution >= 4 is 5.97 Å². The van der Waals surface area contributed by atoms with Gasteiger partial charge in [0, 0.05) is 11.5 Å². The standard InChI is InChI=1S/C13H15FO4/c1-7-8(2)18-11-4-3-9(14)5-10(11)13(7,17)6-12(15)16/h3-5,7-8,17H,6H2,1-2H3,(H,15,16)/t7-,8-,13+/m1/s1. The fraction of sp³-hybridized carbons (Fsp3) is 0.462. The van der Waals surface area contributed by atoms with Gasteiger partial charge in [-0.3, -0.25) is 4.79 Å². The summed E-state index contributed by atoms with van der Waals surface area (Å²) in [6.45, 7) is 3.45. The lowest BCUT2D eigenvalue weighted by atomic mass is 9.75. The molecule has 0 radical (unpaired) electrons. The van der Waals surface area contributed by atoms with Gasteiger partial charge in [0.1, 0.15) is 23.3 Å². The van der Waals surface area contributed by atoms with Crippen LogP contribution in [-0.4, -0.2) is 22.3 Å². The Morgan fingerprint density at radius 1 is 1.50 bits per heavy atom. The Labute approximate surface area is 104 Å². The highest BCUT2D eigenvalue weighted by atomic mass is 19.1. The lowest BCUT2D eigenvalue weighted by molar-refractivity contribution is -0.150. The molecule has 2 N–H and O–H groups in total. The van der Waals surface area contributed by atoms with Crippen LogP contribution in [-0.2, 0) is 10.4 Å². The summed E-state index contributed by atoms with van der Waals surface area (Å²) in [5, 5.41) is 19.6. The molecule has 0 amide bonds. The summed E-state index contributed by atoms with van der Waals surface area (Å²) >= 11 is 0. The van der Waals surface area contributed by atoms with Crippen LogP contribution in [0.4, 0.5) is 4.39 Å². The summed E-state index contributed by atoms with van der Waals surface area (Å²) in [5.41, 5.74) is -1.41. The molecule has 1 aromatic rings. The number of rotatable bonds is 2. The van der Waals surface area contributed by atoms with E-state index in [1.807, 2.05) is 0 Å². The van der Waals surface area contributed by atoms with Crippen molar-refractivity contribution < 1.29 is 24.1 Å². The summed E-state index contributed by atoms with van der Waals surface area (Å²) in [5.74, 6) is -1.76. The number of carboxylic acids is 1. The second kappa shape index (κ2) is 4.24. The molecule has 0 fully saturated rings. The molecule has 0 bridgehead atoms. The van der Waals surface area contributed by atoms with Crippen molar-refractivity contribution in [3.63, 3.8) is 0 Å². The molecule has 0 aliphatic carbocycles. The lowest BCUT2D eigenvalue weighted by Crippen LogP contribution is -2.46. The molecule has 0 unspecified atom stereocenters. The normalized spacial score (nSPS) is 30.4. The molecule has 0 spiro atoms. The molecular formula is C13H15FO4. The van der Waals surface area contributed by atoms with Gasteiger partial charge in [-0.25, -0.2) is 4.39 Å². The van der Waals surface area contributed by atoms with Gasteiger partial charge < -0.3 is 14.9 Å². The highest BCUT2D eigenvalue weighted by molar-refractivity contribution is 5.69. The van der Waals surface area contributed by atoms with Crippen LogP contribution in [0.25, 0.3) is 0 Å². The topological polar surface area (TPSA) is 66.8 Å². The van der Waals surface area contributed by atoms with Crippen molar-refractivity contribution in [3.05, 3.63) is 29.6 Å². The quantitative estimate of drug-likeness (QED) is 0.846. The number of fused-ring (bicyclic) bond motifs is 1. The molecule has 18 heavy (non-hydrogen) atoms. The third-order valence-corrected chi connectivity index (χ3v) is 3.60. The highest BCUT2D eigenvalue weighted by Crippen LogP contribution is 2.45. The summed E-state index contributed by atoms with van der Waals surface area (Å²) in [6, 6.07) is 3.78. The predicted molar refractivity (Wildman–Crippen MR) is 61.8 cm³/mol. The zero-order valence-electron chi connectivity index (χ0n) is 10.2. The Hall–Kier alpha value is -1.62. The van der Waals surface area contributed by atoms with Gasteiger partial charge in [-0.15, -0.1) is 0 Å². The molecule has 0 saturated heterocycles. The third kappa shape index (κ3) is 1.95. The Bertz CT molecular complexity index is 488. The van der Waals surface area contributed by atoms with Gasteiger partial charge in [0.05, 0.1) is 6.42 Å². The molecule has 5 heteroatoms. The molecule has 1 aliphatic heterocycles. The van der Waals surface area contributed by atoms with E-state index in [9.17, 15) is 14.3 Å². The molecule has 98 valence electrons. The van der Waals surface area contributed by atoms with Crippen LogP contribution in [0, 0.1) is 11.7 Å². The number of aliphatic carboxylic acids is 1. The van der Waals surface area contributed by atoms with Gasteiger partial charge in [0.2, 0.25) is 0 Å². The van der Waals surface area contributed by atoms with E-state index in [4.69, 9.17) is 9.84 Å². The van der Waals surface area contributed by atoms with Crippen LogP contribution in [0.1, 0.15) is 25.8 Å². The van der Waals surface area contributed by atoms with Crippen molar-refractivity contribution in [2.45, 2.75) is 32.0 Å². The van der Waals surface area contributed by atoms with E-state index in [0.717, 1.165) is 6.07 Å². The van der Waals surface area contributed by atoms with Crippen LogP contribution in [0.2, 0.25) is 0 Å². The zero-order chi connectivity index (χ0) is 13.5.